The molecule has 0 saturated heterocycles. The average Bonchev–Trinajstić information content (AvgIpc) is 3.23. The SMILES string of the molecule is CCCCCCCCCCCCCCCCCCCCCCCC(=O)OC(CCCCCCCCCCCCCCC)CCCCCCCC(=O)NC(CCCN)C(=O)O. The molecule has 0 aromatic heterocycles. The van der Waals surface area contributed by atoms with E-state index >= 15 is 0 Å². The summed E-state index contributed by atoms with van der Waals surface area (Å²) in [6.07, 6.45) is 54.6. The Labute approximate surface area is 373 Å². The molecule has 4 N–H and O–H groups in total. The quantitative estimate of drug-likeness (QED) is 0.0414. The summed E-state index contributed by atoms with van der Waals surface area (Å²) in [7, 11) is 0. The molecule has 0 rings (SSSR count). The lowest BCUT2D eigenvalue weighted by Gasteiger charge is -2.18. The number of aliphatic carboxylic acids is 1. The van der Waals surface area contributed by atoms with E-state index in [0.717, 1.165) is 64.2 Å². The Morgan fingerprint density at radius 3 is 1.03 bits per heavy atom. The van der Waals surface area contributed by atoms with Crippen molar-refractivity contribution in [2.45, 2.75) is 315 Å². The van der Waals surface area contributed by atoms with Crippen LogP contribution in [0.2, 0.25) is 0 Å². The van der Waals surface area contributed by atoms with Crippen molar-refractivity contribution in [3.05, 3.63) is 0 Å². The average molecular weight is 849 g/mol. The molecule has 0 heterocycles. The second-order valence-electron chi connectivity index (χ2n) is 18.7. The summed E-state index contributed by atoms with van der Waals surface area (Å²) in [5.41, 5.74) is 5.50. The fourth-order valence-electron chi connectivity index (χ4n) is 8.63. The van der Waals surface area contributed by atoms with Crippen LogP contribution in [0.15, 0.2) is 0 Å². The number of nitrogens with one attached hydrogen (secondary N) is 1. The zero-order chi connectivity index (χ0) is 43.8. The molecule has 356 valence electrons. The maximum atomic E-state index is 12.9. The van der Waals surface area contributed by atoms with Gasteiger partial charge in [-0.1, -0.05) is 239 Å². The van der Waals surface area contributed by atoms with Gasteiger partial charge in [0, 0.05) is 12.8 Å². The molecule has 0 saturated carbocycles. The molecular weight excluding hydrogens is 745 g/mol. The molecule has 7 heteroatoms. The van der Waals surface area contributed by atoms with E-state index in [9.17, 15) is 19.5 Å². The van der Waals surface area contributed by atoms with E-state index in [-0.39, 0.29) is 18.0 Å². The highest BCUT2D eigenvalue weighted by molar-refractivity contribution is 5.83. The van der Waals surface area contributed by atoms with Crippen LogP contribution < -0.4 is 11.1 Å². The predicted octanol–water partition coefficient (Wildman–Crippen LogP) is 16.0. The van der Waals surface area contributed by atoms with Gasteiger partial charge in [0.15, 0.2) is 0 Å². The summed E-state index contributed by atoms with van der Waals surface area (Å²) < 4.78 is 6.10. The van der Waals surface area contributed by atoms with Gasteiger partial charge in [0.2, 0.25) is 5.91 Å². The Bertz CT molecular complexity index is 914. The van der Waals surface area contributed by atoms with Crippen molar-refractivity contribution in [3.8, 4) is 0 Å². The van der Waals surface area contributed by atoms with Gasteiger partial charge in [-0.2, -0.15) is 0 Å². The van der Waals surface area contributed by atoms with E-state index in [0.29, 0.717) is 32.2 Å². The first-order chi connectivity index (χ1) is 29.4. The molecule has 7 nitrogen and oxygen atoms in total. The number of esters is 1. The number of hydrogen-bond donors (Lipinski definition) is 3. The number of amides is 1. The molecule has 0 radical (unpaired) electrons. The number of nitrogens with two attached hydrogens (primary N) is 1. The first-order valence-corrected chi connectivity index (χ1v) is 26.9. The number of rotatable bonds is 50. The van der Waals surface area contributed by atoms with E-state index in [4.69, 9.17) is 10.5 Å². The molecule has 60 heavy (non-hydrogen) atoms. The van der Waals surface area contributed by atoms with Gasteiger partial charge in [0.1, 0.15) is 12.1 Å². The molecular formula is C53H104N2O5. The second-order valence-corrected chi connectivity index (χ2v) is 18.7. The first-order valence-electron chi connectivity index (χ1n) is 26.9. The van der Waals surface area contributed by atoms with Crippen LogP contribution in [0.25, 0.3) is 0 Å². The van der Waals surface area contributed by atoms with E-state index in [2.05, 4.69) is 19.2 Å². The van der Waals surface area contributed by atoms with Gasteiger partial charge in [-0.05, 0) is 57.9 Å². The molecule has 2 atom stereocenters. The van der Waals surface area contributed by atoms with Crippen LogP contribution in [0.4, 0.5) is 0 Å². The molecule has 0 aliphatic carbocycles. The minimum atomic E-state index is -0.998. The number of carboxylic acid groups (broad SMARTS) is 1. The minimum absolute atomic E-state index is 0.00959. The van der Waals surface area contributed by atoms with Crippen molar-refractivity contribution in [2.24, 2.45) is 5.73 Å². The van der Waals surface area contributed by atoms with E-state index < -0.39 is 12.0 Å². The van der Waals surface area contributed by atoms with Crippen molar-refractivity contribution < 1.29 is 24.2 Å². The van der Waals surface area contributed by atoms with E-state index in [1.807, 2.05) is 0 Å². The van der Waals surface area contributed by atoms with Gasteiger partial charge in [-0.25, -0.2) is 4.79 Å². The third-order valence-corrected chi connectivity index (χ3v) is 12.7. The fourth-order valence-corrected chi connectivity index (χ4v) is 8.63. The second kappa shape index (κ2) is 48.4. The summed E-state index contributed by atoms with van der Waals surface area (Å²) in [5, 5.41) is 12.0. The molecule has 0 spiro atoms. The monoisotopic (exact) mass is 849 g/mol. The Balaban J connectivity index is 4.16. The van der Waals surface area contributed by atoms with E-state index in [1.165, 1.54) is 199 Å². The Morgan fingerprint density at radius 2 is 0.717 bits per heavy atom. The summed E-state index contributed by atoms with van der Waals surface area (Å²) in [6, 6.07) is -0.853. The smallest absolute Gasteiger partial charge is 0.326 e. The molecule has 0 fully saturated rings. The van der Waals surface area contributed by atoms with Crippen LogP contribution in [0, 0.1) is 0 Å². The predicted molar refractivity (Wildman–Crippen MR) is 258 cm³/mol. The van der Waals surface area contributed by atoms with Crippen molar-refractivity contribution in [2.75, 3.05) is 6.54 Å². The molecule has 0 aromatic rings. The standard InChI is InChI=1S/C53H104N2O5/c1-3-5-7-9-11-13-15-17-18-19-20-21-22-23-24-26-28-30-32-37-41-47-52(57)60-49(43-38-34-31-29-27-25-16-14-12-10-8-6-4-2)44-39-35-33-36-40-46-51(56)55-50(53(58)59)45-42-48-54/h49-50H,3-48,54H2,1-2H3,(H,55,56)(H,58,59). The van der Waals surface area contributed by atoms with Crippen molar-refractivity contribution >= 4 is 17.8 Å². The normalized spacial score (nSPS) is 12.4. The highest BCUT2D eigenvalue weighted by Gasteiger charge is 2.19. The van der Waals surface area contributed by atoms with Gasteiger partial charge in [-0.3, -0.25) is 9.59 Å². The lowest BCUT2D eigenvalue weighted by atomic mass is 10.0. The van der Waals surface area contributed by atoms with Crippen LogP contribution >= 0.6 is 0 Å². The van der Waals surface area contributed by atoms with Gasteiger partial charge in [-0.15, -0.1) is 0 Å². The number of ether oxygens (including phenoxy) is 1. The van der Waals surface area contributed by atoms with Crippen LogP contribution in [-0.2, 0) is 19.1 Å². The number of hydrogen-bond acceptors (Lipinski definition) is 5. The van der Waals surface area contributed by atoms with Crippen LogP contribution in [0.1, 0.15) is 303 Å². The maximum Gasteiger partial charge on any atom is 0.326 e. The lowest BCUT2D eigenvalue weighted by molar-refractivity contribution is -0.150. The molecule has 0 aliphatic heterocycles. The van der Waals surface area contributed by atoms with Crippen molar-refractivity contribution in [3.63, 3.8) is 0 Å². The molecule has 0 aromatic carbocycles. The largest absolute Gasteiger partial charge is 0.480 e. The lowest BCUT2D eigenvalue weighted by Crippen LogP contribution is -2.40. The molecule has 0 aliphatic rings. The topological polar surface area (TPSA) is 119 Å². The third kappa shape index (κ3) is 44.4. The minimum Gasteiger partial charge on any atom is -0.480 e. The Hall–Kier alpha value is -1.63. The first kappa shape index (κ1) is 58.4. The van der Waals surface area contributed by atoms with Crippen molar-refractivity contribution in [1.82, 2.24) is 5.32 Å². The highest BCUT2D eigenvalue weighted by atomic mass is 16.5. The zero-order valence-corrected chi connectivity index (χ0v) is 40.3. The number of carboxylic acids is 1. The summed E-state index contributed by atoms with van der Waals surface area (Å²) in [5.74, 6) is -1.20. The van der Waals surface area contributed by atoms with Crippen LogP contribution in [0.5, 0.6) is 0 Å². The zero-order valence-electron chi connectivity index (χ0n) is 40.3. The number of carbonyl (C=O) groups is 3. The van der Waals surface area contributed by atoms with Gasteiger partial charge < -0.3 is 20.9 Å². The van der Waals surface area contributed by atoms with E-state index in [1.54, 1.807) is 0 Å². The van der Waals surface area contributed by atoms with Crippen molar-refractivity contribution in [1.29, 1.82) is 0 Å². The van der Waals surface area contributed by atoms with Gasteiger partial charge in [0.05, 0.1) is 0 Å². The highest BCUT2D eigenvalue weighted by Crippen LogP contribution is 2.20. The molecule has 2 unspecified atom stereocenters. The van der Waals surface area contributed by atoms with Gasteiger partial charge in [0.25, 0.3) is 0 Å². The van der Waals surface area contributed by atoms with Crippen LogP contribution in [-0.4, -0.2) is 41.6 Å². The molecule has 0 bridgehead atoms. The summed E-state index contributed by atoms with van der Waals surface area (Å²) >= 11 is 0. The van der Waals surface area contributed by atoms with Crippen LogP contribution in [0.3, 0.4) is 0 Å². The summed E-state index contributed by atoms with van der Waals surface area (Å²) in [4.78, 5) is 36.6. The Kier molecular flexibility index (Phi) is 47.1. The number of unbranched alkanes of at least 4 members (excludes halogenated alkanes) is 36. The third-order valence-electron chi connectivity index (χ3n) is 12.7. The van der Waals surface area contributed by atoms with Gasteiger partial charge >= 0.3 is 11.9 Å². The maximum absolute atomic E-state index is 12.9. The fraction of sp³-hybridized carbons (Fsp3) is 0.943. The summed E-state index contributed by atoms with van der Waals surface area (Å²) in [6.45, 7) is 4.99. The Morgan fingerprint density at radius 1 is 0.417 bits per heavy atom. The number of carbonyl (C=O) groups excluding carboxylic acids is 2. The molecule has 1 amide bonds.